The summed E-state index contributed by atoms with van der Waals surface area (Å²) < 4.78 is 5.99. The molecule has 0 bridgehead atoms. The van der Waals surface area contributed by atoms with E-state index < -0.39 is 0 Å². The van der Waals surface area contributed by atoms with Crippen molar-refractivity contribution in [1.29, 1.82) is 0 Å². The van der Waals surface area contributed by atoms with Gasteiger partial charge in [-0.15, -0.1) is 0 Å². The molecule has 4 nitrogen and oxygen atoms in total. The normalized spacial score (nSPS) is 24.9. The van der Waals surface area contributed by atoms with Gasteiger partial charge in [0.2, 0.25) is 0 Å². The van der Waals surface area contributed by atoms with Crippen LogP contribution in [0.5, 0.6) is 0 Å². The summed E-state index contributed by atoms with van der Waals surface area (Å²) in [5, 5.41) is 0. The fraction of sp³-hybridized carbons (Fsp3) is 0.917. The summed E-state index contributed by atoms with van der Waals surface area (Å²) in [5.41, 5.74) is 5.65. The molecule has 0 aliphatic carbocycles. The maximum Gasteiger partial charge on any atom is 0.191 e. The Morgan fingerprint density at radius 3 is 2.00 bits per heavy atom. The molecule has 0 aromatic rings. The van der Waals surface area contributed by atoms with Crippen molar-refractivity contribution in [3.8, 4) is 0 Å². The number of hydrogen-bond acceptors (Lipinski definition) is 2. The van der Waals surface area contributed by atoms with Gasteiger partial charge in [0, 0.05) is 19.1 Å². The number of morpholine rings is 1. The van der Waals surface area contributed by atoms with Gasteiger partial charge >= 0.3 is 0 Å². The van der Waals surface area contributed by atoms with Gasteiger partial charge in [0.05, 0.1) is 11.2 Å². The Morgan fingerprint density at radius 2 is 1.62 bits per heavy atom. The minimum atomic E-state index is -0.182. The third-order valence-corrected chi connectivity index (χ3v) is 2.41. The minimum Gasteiger partial charge on any atom is -0.370 e. The van der Waals surface area contributed by atoms with Crippen molar-refractivity contribution in [2.75, 3.05) is 13.1 Å². The van der Waals surface area contributed by atoms with Gasteiger partial charge in [-0.2, -0.15) is 0 Å². The second-order valence-electron chi connectivity index (χ2n) is 6.06. The van der Waals surface area contributed by atoms with Crippen LogP contribution in [0.15, 0.2) is 4.99 Å². The zero-order chi connectivity index (χ0) is 12.6. The first-order chi connectivity index (χ1) is 7.11. The van der Waals surface area contributed by atoms with Gasteiger partial charge in [0.25, 0.3) is 0 Å². The van der Waals surface area contributed by atoms with Crippen molar-refractivity contribution >= 4 is 5.96 Å². The highest BCUT2D eigenvalue weighted by Gasteiger charge is 2.38. The van der Waals surface area contributed by atoms with Crippen LogP contribution in [0.2, 0.25) is 0 Å². The molecular weight excluding hydrogens is 202 g/mol. The van der Waals surface area contributed by atoms with E-state index in [1.54, 1.807) is 0 Å². The number of aliphatic imine (C=N–C) groups is 1. The van der Waals surface area contributed by atoms with E-state index in [1.807, 2.05) is 13.8 Å². The first kappa shape index (κ1) is 13.3. The molecule has 1 aliphatic rings. The van der Waals surface area contributed by atoms with E-state index >= 15 is 0 Å². The number of rotatable bonds is 1. The number of hydrogen-bond donors (Lipinski definition) is 1. The third kappa shape index (κ3) is 3.67. The molecule has 0 spiro atoms. The molecule has 94 valence electrons. The highest BCUT2D eigenvalue weighted by Crippen LogP contribution is 2.27. The molecule has 0 unspecified atom stereocenters. The van der Waals surface area contributed by atoms with E-state index in [2.05, 4.69) is 37.6 Å². The van der Waals surface area contributed by atoms with Gasteiger partial charge in [-0.05, 0) is 41.5 Å². The SMILES string of the molecule is CC(C)N=C(N)N1CC(C)(C)OC(C)(C)C1. The van der Waals surface area contributed by atoms with E-state index in [-0.39, 0.29) is 17.2 Å². The average Bonchev–Trinajstić information content (AvgIpc) is 1.96. The average molecular weight is 227 g/mol. The molecule has 0 aromatic heterocycles. The Morgan fingerprint density at radius 1 is 1.19 bits per heavy atom. The largest absolute Gasteiger partial charge is 0.370 e. The Labute approximate surface area is 98.9 Å². The van der Waals surface area contributed by atoms with E-state index in [1.165, 1.54) is 0 Å². The summed E-state index contributed by atoms with van der Waals surface area (Å²) in [5.74, 6) is 0.624. The minimum absolute atomic E-state index is 0.182. The molecule has 0 atom stereocenters. The smallest absolute Gasteiger partial charge is 0.191 e. The summed E-state index contributed by atoms with van der Waals surface area (Å²) in [4.78, 5) is 6.51. The molecule has 16 heavy (non-hydrogen) atoms. The van der Waals surface area contributed by atoms with Crippen LogP contribution < -0.4 is 5.73 Å². The topological polar surface area (TPSA) is 50.8 Å². The number of guanidine groups is 1. The summed E-state index contributed by atoms with van der Waals surface area (Å²) in [7, 11) is 0. The molecule has 1 fully saturated rings. The molecule has 0 amide bonds. The second kappa shape index (κ2) is 4.24. The van der Waals surface area contributed by atoms with E-state index in [0.29, 0.717) is 5.96 Å². The Kier molecular flexibility index (Phi) is 3.53. The van der Waals surface area contributed by atoms with E-state index in [4.69, 9.17) is 10.5 Å². The van der Waals surface area contributed by atoms with E-state index in [9.17, 15) is 0 Å². The first-order valence-corrected chi connectivity index (χ1v) is 5.90. The number of ether oxygens (including phenoxy) is 1. The monoisotopic (exact) mass is 227 g/mol. The van der Waals surface area contributed by atoms with Crippen molar-refractivity contribution in [3.63, 3.8) is 0 Å². The second-order valence-corrected chi connectivity index (χ2v) is 6.06. The molecular formula is C12H25N3O. The molecule has 0 saturated carbocycles. The molecule has 1 saturated heterocycles. The zero-order valence-corrected chi connectivity index (χ0v) is 11.4. The molecule has 1 aliphatic heterocycles. The molecule has 0 radical (unpaired) electrons. The summed E-state index contributed by atoms with van der Waals surface area (Å²) in [6.07, 6.45) is 0. The predicted molar refractivity (Wildman–Crippen MR) is 67.6 cm³/mol. The van der Waals surface area contributed by atoms with Crippen LogP contribution in [-0.4, -0.2) is 41.2 Å². The molecule has 1 rings (SSSR count). The van der Waals surface area contributed by atoms with Gasteiger partial charge in [0.1, 0.15) is 0 Å². The highest BCUT2D eigenvalue weighted by molar-refractivity contribution is 5.78. The van der Waals surface area contributed by atoms with Crippen molar-refractivity contribution < 1.29 is 4.74 Å². The van der Waals surface area contributed by atoms with Crippen molar-refractivity contribution in [2.24, 2.45) is 10.7 Å². The van der Waals surface area contributed by atoms with Crippen molar-refractivity contribution in [3.05, 3.63) is 0 Å². The quantitative estimate of drug-likeness (QED) is 0.547. The lowest BCUT2D eigenvalue weighted by Crippen LogP contribution is -2.60. The fourth-order valence-corrected chi connectivity index (χ4v) is 2.30. The Hall–Kier alpha value is -0.770. The predicted octanol–water partition coefficient (Wildman–Crippen LogP) is 1.60. The summed E-state index contributed by atoms with van der Waals surface area (Å²) in [6, 6.07) is 0.231. The maximum absolute atomic E-state index is 6.01. The first-order valence-electron chi connectivity index (χ1n) is 5.90. The molecule has 2 N–H and O–H groups in total. The molecule has 4 heteroatoms. The van der Waals surface area contributed by atoms with Crippen LogP contribution in [0.25, 0.3) is 0 Å². The Bertz CT molecular complexity index is 266. The van der Waals surface area contributed by atoms with Gasteiger partial charge in [-0.1, -0.05) is 0 Å². The van der Waals surface area contributed by atoms with Crippen LogP contribution in [0.4, 0.5) is 0 Å². The van der Waals surface area contributed by atoms with Crippen LogP contribution in [0.1, 0.15) is 41.5 Å². The third-order valence-electron chi connectivity index (χ3n) is 2.41. The van der Waals surface area contributed by atoms with Crippen LogP contribution in [0, 0.1) is 0 Å². The standard InChI is InChI=1S/C12H25N3O/c1-9(2)14-10(13)15-7-11(3,4)16-12(5,6)8-15/h9H,7-8H2,1-6H3,(H2,13,14). The van der Waals surface area contributed by atoms with Crippen LogP contribution >= 0.6 is 0 Å². The number of nitrogens with zero attached hydrogens (tertiary/aromatic N) is 2. The van der Waals surface area contributed by atoms with E-state index in [0.717, 1.165) is 13.1 Å². The molecule has 1 heterocycles. The summed E-state index contributed by atoms with van der Waals surface area (Å²) >= 11 is 0. The lowest BCUT2D eigenvalue weighted by molar-refractivity contribution is -0.167. The van der Waals surface area contributed by atoms with Crippen LogP contribution in [0.3, 0.4) is 0 Å². The zero-order valence-electron chi connectivity index (χ0n) is 11.4. The Balaban J connectivity index is 2.82. The van der Waals surface area contributed by atoms with Gasteiger partial charge < -0.3 is 15.4 Å². The molecule has 0 aromatic carbocycles. The fourth-order valence-electron chi connectivity index (χ4n) is 2.30. The van der Waals surface area contributed by atoms with Crippen molar-refractivity contribution in [1.82, 2.24) is 4.90 Å². The highest BCUT2D eigenvalue weighted by atomic mass is 16.5. The van der Waals surface area contributed by atoms with Gasteiger partial charge in [-0.3, -0.25) is 4.99 Å². The van der Waals surface area contributed by atoms with Crippen molar-refractivity contribution in [2.45, 2.75) is 58.8 Å². The van der Waals surface area contributed by atoms with Gasteiger partial charge in [0.15, 0.2) is 5.96 Å². The van der Waals surface area contributed by atoms with Crippen LogP contribution in [-0.2, 0) is 4.74 Å². The lowest BCUT2D eigenvalue weighted by atomic mass is 9.99. The van der Waals surface area contributed by atoms with Gasteiger partial charge in [-0.25, -0.2) is 0 Å². The summed E-state index contributed by atoms with van der Waals surface area (Å²) in [6.45, 7) is 14.0. The lowest BCUT2D eigenvalue weighted by Gasteiger charge is -2.47. The maximum atomic E-state index is 6.01. The number of nitrogens with two attached hydrogens (primary N) is 1.